The van der Waals surface area contributed by atoms with E-state index in [1.165, 1.54) is 12.1 Å². The number of fused-ring (bicyclic) bond motifs is 3. The lowest BCUT2D eigenvalue weighted by Gasteiger charge is -2.19. The maximum atomic E-state index is 13.0. The number of aryl methyl sites for hydroxylation is 1. The van der Waals surface area contributed by atoms with Gasteiger partial charge in [0.05, 0.1) is 17.1 Å². The van der Waals surface area contributed by atoms with Gasteiger partial charge in [-0.2, -0.15) is 8.78 Å². The molecule has 0 saturated heterocycles. The van der Waals surface area contributed by atoms with Crippen LogP contribution < -0.4 is 10.3 Å². The Kier molecular flexibility index (Phi) is 4.98. The first-order chi connectivity index (χ1) is 15.3. The molecule has 0 bridgehead atoms. The van der Waals surface area contributed by atoms with Crippen molar-refractivity contribution in [2.75, 3.05) is 0 Å². The number of rotatable bonds is 4. The van der Waals surface area contributed by atoms with Crippen molar-refractivity contribution in [2.45, 2.75) is 32.1 Å². The van der Waals surface area contributed by atoms with Gasteiger partial charge in [0.1, 0.15) is 17.7 Å². The van der Waals surface area contributed by atoms with E-state index in [0.717, 1.165) is 16.6 Å². The molecule has 9 heteroatoms. The Labute approximate surface area is 186 Å². The number of nitrogens with one attached hydrogen (secondary N) is 1. The number of hydrogen-bond donors (Lipinski definition) is 2. The first kappa shape index (κ1) is 20.7. The van der Waals surface area contributed by atoms with Crippen molar-refractivity contribution >= 4 is 22.6 Å². The number of aliphatic hydroxyl groups excluding tert-OH is 1. The smallest absolute Gasteiger partial charge is 0.387 e. The lowest BCUT2D eigenvalue weighted by molar-refractivity contribution is -0.0507. The Balaban J connectivity index is 1.68. The minimum Gasteiger partial charge on any atom is -0.434 e. The van der Waals surface area contributed by atoms with E-state index >= 15 is 0 Å². The van der Waals surface area contributed by atoms with Crippen LogP contribution in [0.1, 0.15) is 35.5 Å². The maximum absolute atomic E-state index is 13.0. The predicted molar refractivity (Wildman–Crippen MR) is 116 cm³/mol. The van der Waals surface area contributed by atoms with Crippen molar-refractivity contribution in [3.05, 3.63) is 81.0 Å². The number of alkyl halides is 2. The Bertz CT molecular complexity index is 1400. The van der Waals surface area contributed by atoms with E-state index < -0.39 is 18.8 Å². The van der Waals surface area contributed by atoms with Crippen LogP contribution >= 0.6 is 11.6 Å². The van der Waals surface area contributed by atoms with E-state index in [2.05, 4.69) is 9.97 Å². The Hall–Kier alpha value is -3.23. The molecule has 1 aliphatic rings. The summed E-state index contributed by atoms with van der Waals surface area (Å²) in [5.74, 6) is 0.450. The molecule has 3 heterocycles. The molecule has 164 valence electrons. The highest BCUT2D eigenvalue weighted by Crippen LogP contribution is 2.45. The highest BCUT2D eigenvalue weighted by atomic mass is 35.5. The highest BCUT2D eigenvalue weighted by Gasteiger charge is 2.36. The Morgan fingerprint density at radius 3 is 2.78 bits per heavy atom. The van der Waals surface area contributed by atoms with Gasteiger partial charge in [0, 0.05) is 28.8 Å². The van der Waals surface area contributed by atoms with Crippen LogP contribution in [0.25, 0.3) is 22.2 Å². The van der Waals surface area contributed by atoms with Crippen LogP contribution in [-0.2, 0) is 0 Å². The van der Waals surface area contributed by atoms with Gasteiger partial charge in [0.2, 0.25) is 0 Å². The summed E-state index contributed by atoms with van der Waals surface area (Å²) in [6, 6.07) is 11.4. The van der Waals surface area contributed by atoms with Crippen LogP contribution in [0, 0.1) is 6.92 Å². The number of pyridine rings is 1. The minimum absolute atomic E-state index is 0.00344. The van der Waals surface area contributed by atoms with Crippen LogP contribution in [0.5, 0.6) is 5.75 Å². The van der Waals surface area contributed by atoms with Gasteiger partial charge in [-0.1, -0.05) is 17.7 Å². The molecule has 0 amide bonds. The quantitative estimate of drug-likeness (QED) is 0.453. The number of ether oxygens (including phenoxy) is 1. The monoisotopic (exact) mass is 457 g/mol. The topological polar surface area (TPSA) is 80.1 Å². The fourth-order valence-electron chi connectivity index (χ4n) is 4.29. The molecule has 0 fully saturated rings. The van der Waals surface area contributed by atoms with Crippen molar-refractivity contribution in [1.82, 2.24) is 14.5 Å². The van der Waals surface area contributed by atoms with Crippen molar-refractivity contribution in [2.24, 2.45) is 0 Å². The fourth-order valence-corrected chi connectivity index (χ4v) is 4.47. The van der Waals surface area contributed by atoms with Gasteiger partial charge in [-0.25, -0.2) is 4.98 Å². The molecule has 2 atom stereocenters. The molecular formula is C23H18ClF2N3O3. The SMILES string of the molecule is Cc1cc(-c2ccc3nc4n(c3c2)C(c2cc(Cl)ccc2OC(F)F)CC4O)c[nH]c1=O. The molecule has 0 radical (unpaired) electrons. The molecular weight excluding hydrogens is 440 g/mol. The number of aromatic nitrogens is 3. The number of nitrogens with zero attached hydrogens (tertiary/aromatic N) is 2. The van der Waals surface area contributed by atoms with Gasteiger partial charge in [-0.15, -0.1) is 0 Å². The third-order valence-corrected chi connectivity index (χ3v) is 5.98. The van der Waals surface area contributed by atoms with Crippen molar-refractivity contribution in [3.63, 3.8) is 0 Å². The van der Waals surface area contributed by atoms with E-state index in [1.807, 2.05) is 22.8 Å². The van der Waals surface area contributed by atoms with Crippen LogP contribution in [0.15, 0.2) is 53.5 Å². The van der Waals surface area contributed by atoms with Crippen LogP contribution in [0.4, 0.5) is 8.78 Å². The number of hydrogen-bond acceptors (Lipinski definition) is 4. The lowest BCUT2D eigenvalue weighted by atomic mass is 10.0. The van der Waals surface area contributed by atoms with E-state index in [9.17, 15) is 18.7 Å². The average Bonchev–Trinajstić information content (AvgIpc) is 3.28. The molecule has 0 aliphatic carbocycles. The molecule has 0 saturated carbocycles. The summed E-state index contributed by atoms with van der Waals surface area (Å²) in [7, 11) is 0. The van der Waals surface area contributed by atoms with Gasteiger partial charge >= 0.3 is 6.61 Å². The molecule has 2 N–H and O–H groups in total. The summed E-state index contributed by atoms with van der Waals surface area (Å²) in [5, 5.41) is 11.0. The predicted octanol–water partition coefficient (Wildman–Crippen LogP) is 4.98. The standard InChI is InChI=1S/C23H18ClF2N3O3/c1-11-6-13(10-27-22(11)31)12-2-4-16-18(7-12)29-17(9-19(30)21(29)28-16)15-8-14(24)3-5-20(15)32-23(25)26/h2-8,10,17,19,23,30H,9H2,1H3,(H,27,31). The van der Waals surface area contributed by atoms with Crippen LogP contribution in [0.3, 0.4) is 0 Å². The minimum atomic E-state index is -2.99. The summed E-state index contributed by atoms with van der Waals surface area (Å²) in [6.45, 7) is -1.26. The maximum Gasteiger partial charge on any atom is 0.387 e. The third kappa shape index (κ3) is 3.45. The molecule has 2 unspecified atom stereocenters. The van der Waals surface area contributed by atoms with E-state index in [4.69, 9.17) is 16.3 Å². The summed E-state index contributed by atoms with van der Waals surface area (Å²) < 4.78 is 32.6. The van der Waals surface area contributed by atoms with Crippen molar-refractivity contribution in [1.29, 1.82) is 0 Å². The summed E-state index contributed by atoms with van der Waals surface area (Å²) in [4.78, 5) is 19.0. The molecule has 0 spiro atoms. The van der Waals surface area contributed by atoms with Crippen molar-refractivity contribution < 1.29 is 18.6 Å². The normalized spacial score (nSPS) is 17.8. The number of aliphatic hydroxyl groups is 1. The van der Waals surface area contributed by atoms with Gasteiger partial charge in [-0.05, 0) is 54.4 Å². The Morgan fingerprint density at radius 2 is 2.03 bits per heavy atom. The molecule has 2 aromatic carbocycles. The molecule has 6 nitrogen and oxygen atoms in total. The first-order valence-corrected chi connectivity index (χ1v) is 10.3. The first-order valence-electron chi connectivity index (χ1n) is 9.95. The number of imidazole rings is 1. The highest BCUT2D eigenvalue weighted by molar-refractivity contribution is 6.30. The number of halogens is 3. The van der Waals surface area contributed by atoms with Crippen LogP contribution in [0.2, 0.25) is 5.02 Å². The van der Waals surface area contributed by atoms with Crippen LogP contribution in [-0.4, -0.2) is 26.3 Å². The number of benzene rings is 2. The second kappa shape index (κ2) is 7.72. The third-order valence-electron chi connectivity index (χ3n) is 5.74. The van der Waals surface area contributed by atoms with Gasteiger partial charge in [0.25, 0.3) is 5.56 Å². The lowest BCUT2D eigenvalue weighted by Crippen LogP contribution is -2.11. The van der Waals surface area contributed by atoms with Gasteiger partial charge in [0.15, 0.2) is 0 Å². The summed E-state index contributed by atoms with van der Waals surface area (Å²) in [6.07, 6.45) is 1.01. The Morgan fingerprint density at radius 1 is 1.22 bits per heavy atom. The fraction of sp³-hybridized carbons (Fsp3) is 0.217. The second-order valence-electron chi connectivity index (χ2n) is 7.77. The summed E-state index contributed by atoms with van der Waals surface area (Å²) >= 11 is 6.16. The molecule has 32 heavy (non-hydrogen) atoms. The zero-order valence-corrected chi connectivity index (χ0v) is 17.6. The second-order valence-corrected chi connectivity index (χ2v) is 8.21. The molecule has 1 aliphatic heterocycles. The van der Waals surface area contributed by atoms with E-state index in [-0.39, 0.29) is 17.7 Å². The molecule has 2 aromatic heterocycles. The zero-order valence-electron chi connectivity index (χ0n) is 16.8. The molecule has 5 rings (SSSR count). The average molecular weight is 458 g/mol. The van der Waals surface area contributed by atoms with Gasteiger partial charge < -0.3 is 19.4 Å². The van der Waals surface area contributed by atoms with Gasteiger partial charge in [-0.3, -0.25) is 4.79 Å². The molecule has 4 aromatic rings. The summed E-state index contributed by atoms with van der Waals surface area (Å²) in [5.41, 5.74) is 3.92. The largest absolute Gasteiger partial charge is 0.434 e. The van der Waals surface area contributed by atoms with E-state index in [1.54, 1.807) is 25.3 Å². The van der Waals surface area contributed by atoms with E-state index in [0.29, 0.717) is 27.5 Å². The number of H-pyrrole nitrogens is 1. The zero-order chi connectivity index (χ0) is 22.6. The number of aromatic amines is 1. The van der Waals surface area contributed by atoms with Crippen molar-refractivity contribution in [3.8, 4) is 16.9 Å².